The molecule has 0 bridgehead atoms. The van der Waals surface area contributed by atoms with Gasteiger partial charge in [0.2, 0.25) is 5.91 Å². The second kappa shape index (κ2) is 6.33. The van der Waals surface area contributed by atoms with Gasteiger partial charge in [0.25, 0.3) is 0 Å². The van der Waals surface area contributed by atoms with E-state index in [1.807, 2.05) is 6.07 Å². The number of aryl methyl sites for hydroxylation is 1. The number of hydrogen-bond acceptors (Lipinski definition) is 5. The van der Waals surface area contributed by atoms with Crippen molar-refractivity contribution in [1.82, 2.24) is 4.72 Å². The van der Waals surface area contributed by atoms with Crippen LogP contribution in [0, 0.1) is 17.3 Å². The third-order valence-corrected chi connectivity index (χ3v) is 7.83. The van der Waals surface area contributed by atoms with Gasteiger partial charge >= 0.3 is 10.3 Å². The molecular weight excluding hydrogens is 366 g/mol. The van der Waals surface area contributed by atoms with Gasteiger partial charge in [-0.2, -0.15) is 8.42 Å². The zero-order valence-corrected chi connectivity index (χ0v) is 16.5. The van der Waals surface area contributed by atoms with E-state index in [9.17, 15) is 18.0 Å². The standard InChI is InChI=1S/C20H25NO5S/c1-12(22)21-27(24,25)26-14-4-6-15-13(11-14)3-5-17-16(15)9-10-20(2)18(17)7-8-19(20)23/h4,6,11,16-18H,3,5,7-10H2,1-2H3,(H,21,22)/t16?,17?,18?,20-/m0/s1. The Labute approximate surface area is 159 Å². The number of hydrogen-bond donors (Lipinski definition) is 1. The molecule has 4 rings (SSSR count). The molecule has 2 saturated carbocycles. The number of amides is 1. The first-order valence-electron chi connectivity index (χ1n) is 9.58. The number of ketones is 1. The molecule has 0 aliphatic heterocycles. The van der Waals surface area contributed by atoms with Crippen molar-refractivity contribution >= 4 is 22.0 Å². The molecular formula is C20H25NO5S. The summed E-state index contributed by atoms with van der Waals surface area (Å²) in [5, 5.41) is 0. The summed E-state index contributed by atoms with van der Waals surface area (Å²) >= 11 is 0. The molecule has 0 aromatic heterocycles. The summed E-state index contributed by atoms with van der Waals surface area (Å²) < 4.78 is 30.4. The predicted molar refractivity (Wildman–Crippen MR) is 99.4 cm³/mol. The van der Waals surface area contributed by atoms with Crippen LogP contribution in [0.3, 0.4) is 0 Å². The van der Waals surface area contributed by atoms with Crippen molar-refractivity contribution in [2.75, 3.05) is 0 Å². The first-order chi connectivity index (χ1) is 12.7. The van der Waals surface area contributed by atoms with Crippen LogP contribution in [0.2, 0.25) is 0 Å². The van der Waals surface area contributed by atoms with Gasteiger partial charge in [0, 0.05) is 18.8 Å². The van der Waals surface area contributed by atoms with Gasteiger partial charge in [-0.25, -0.2) is 4.72 Å². The molecule has 146 valence electrons. The van der Waals surface area contributed by atoms with Crippen molar-refractivity contribution in [3.05, 3.63) is 29.3 Å². The molecule has 2 fully saturated rings. The normalized spacial score (nSPS) is 32.2. The van der Waals surface area contributed by atoms with Gasteiger partial charge in [-0.15, -0.1) is 0 Å². The molecule has 7 heteroatoms. The van der Waals surface area contributed by atoms with Crippen molar-refractivity contribution in [3.63, 3.8) is 0 Å². The molecule has 3 aliphatic carbocycles. The largest absolute Gasteiger partial charge is 0.409 e. The number of nitrogens with one attached hydrogen (secondary N) is 1. The van der Waals surface area contributed by atoms with E-state index in [0.29, 0.717) is 30.0 Å². The minimum absolute atomic E-state index is 0.145. The van der Waals surface area contributed by atoms with Gasteiger partial charge in [-0.1, -0.05) is 13.0 Å². The zero-order valence-electron chi connectivity index (χ0n) is 15.7. The first-order valence-corrected chi connectivity index (χ1v) is 11.0. The van der Waals surface area contributed by atoms with E-state index in [0.717, 1.165) is 44.6 Å². The van der Waals surface area contributed by atoms with Crippen LogP contribution >= 0.6 is 0 Å². The van der Waals surface area contributed by atoms with Gasteiger partial charge in [-0.3, -0.25) is 9.59 Å². The number of benzene rings is 1. The molecule has 1 aromatic rings. The summed E-state index contributed by atoms with van der Waals surface area (Å²) in [6.07, 6.45) is 5.53. The summed E-state index contributed by atoms with van der Waals surface area (Å²) in [5.74, 6) is 1.39. The predicted octanol–water partition coefficient (Wildman–Crippen LogP) is 2.87. The topological polar surface area (TPSA) is 89.5 Å². The molecule has 3 unspecified atom stereocenters. The molecule has 0 heterocycles. The lowest BCUT2D eigenvalue weighted by atomic mass is 9.55. The summed E-state index contributed by atoms with van der Waals surface area (Å²) in [6.45, 7) is 3.28. The van der Waals surface area contributed by atoms with E-state index in [-0.39, 0.29) is 11.2 Å². The fraction of sp³-hybridized carbons (Fsp3) is 0.600. The van der Waals surface area contributed by atoms with Gasteiger partial charge < -0.3 is 4.18 Å². The highest BCUT2D eigenvalue weighted by Crippen LogP contribution is 2.59. The second-order valence-electron chi connectivity index (χ2n) is 8.39. The number of fused-ring (bicyclic) bond motifs is 5. The Morgan fingerprint density at radius 1 is 1.22 bits per heavy atom. The smallest absolute Gasteiger partial charge is 0.367 e. The molecule has 0 saturated heterocycles. The highest BCUT2D eigenvalue weighted by Gasteiger charge is 2.54. The second-order valence-corrected chi connectivity index (χ2v) is 9.67. The Balaban J connectivity index is 1.58. The Hall–Kier alpha value is -1.89. The van der Waals surface area contributed by atoms with E-state index in [4.69, 9.17) is 4.18 Å². The van der Waals surface area contributed by atoms with Crippen LogP contribution in [0.5, 0.6) is 5.75 Å². The van der Waals surface area contributed by atoms with E-state index in [1.165, 1.54) is 5.56 Å². The number of carbonyl (C=O) groups excluding carboxylic acids is 2. The van der Waals surface area contributed by atoms with E-state index >= 15 is 0 Å². The van der Waals surface area contributed by atoms with Crippen LogP contribution in [-0.4, -0.2) is 20.1 Å². The number of rotatable bonds is 3. The summed E-state index contributed by atoms with van der Waals surface area (Å²) in [5.41, 5.74) is 2.23. The fourth-order valence-electron chi connectivity index (χ4n) is 5.71. The van der Waals surface area contributed by atoms with Gasteiger partial charge in [0.1, 0.15) is 11.5 Å². The van der Waals surface area contributed by atoms with Crippen molar-refractivity contribution in [2.45, 2.75) is 58.3 Å². The molecule has 1 amide bonds. The van der Waals surface area contributed by atoms with E-state index in [1.54, 1.807) is 16.9 Å². The Kier molecular flexibility index (Phi) is 4.33. The summed E-state index contributed by atoms with van der Waals surface area (Å²) in [6, 6.07) is 5.40. The van der Waals surface area contributed by atoms with Crippen LogP contribution in [-0.2, 0) is 26.3 Å². The fourth-order valence-corrected chi connectivity index (χ4v) is 6.46. The van der Waals surface area contributed by atoms with Gasteiger partial charge in [0.15, 0.2) is 0 Å². The Morgan fingerprint density at radius 2 is 2.00 bits per heavy atom. The lowest BCUT2D eigenvalue weighted by Crippen LogP contribution is -2.42. The van der Waals surface area contributed by atoms with Crippen LogP contribution in [0.1, 0.15) is 63.0 Å². The lowest BCUT2D eigenvalue weighted by molar-refractivity contribution is -0.129. The molecule has 3 aliphatic rings. The third-order valence-electron chi connectivity index (χ3n) is 6.88. The van der Waals surface area contributed by atoms with Gasteiger partial charge in [0.05, 0.1) is 0 Å². The van der Waals surface area contributed by atoms with E-state index in [2.05, 4.69) is 6.92 Å². The van der Waals surface area contributed by atoms with Crippen molar-refractivity contribution in [2.24, 2.45) is 17.3 Å². The van der Waals surface area contributed by atoms with Crippen LogP contribution in [0.15, 0.2) is 18.2 Å². The molecule has 27 heavy (non-hydrogen) atoms. The Morgan fingerprint density at radius 3 is 2.74 bits per heavy atom. The zero-order chi connectivity index (χ0) is 19.4. The molecule has 4 atom stereocenters. The van der Waals surface area contributed by atoms with Crippen LogP contribution in [0.4, 0.5) is 0 Å². The molecule has 1 N–H and O–H groups in total. The van der Waals surface area contributed by atoms with Gasteiger partial charge in [-0.05, 0) is 73.1 Å². The van der Waals surface area contributed by atoms with Crippen molar-refractivity contribution in [1.29, 1.82) is 0 Å². The van der Waals surface area contributed by atoms with Crippen molar-refractivity contribution in [3.8, 4) is 5.75 Å². The maximum absolute atomic E-state index is 12.4. The molecule has 1 aromatic carbocycles. The van der Waals surface area contributed by atoms with Crippen LogP contribution < -0.4 is 8.91 Å². The number of Topliss-reactive ketones (excluding diaryl/α,β-unsaturated/α-hetero) is 1. The maximum Gasteiger partial charge on any atom is 0.409 e. The minimum atomic E-state index is -4.15. The quantitative estimate of drug-likeness (QED) is 0.856. The average Bonchev–Trinajstić information content (AvgIpc) is 2.88. The molecule has 6 nitrogen and oxygen atoms in total. The average molecular weight is 391 g/mol. The Bertz CT molecular complexity index is 909. The SMILES string of the molecule is CC(=O)NS(=O)(=O)Oc1ccc2c(c1)CCC1C2CC[C@]2(C)C(=O)CCC12. The molecule has 0 radical (unpaired) electrons. The summed E-state index contributed by atoms with van der Waals surface area (Å²) in [7, 11) is -4.15. The first kappa shape index (κ1) is 18.5. The monoisotopic (exact) mass is 391 g/mol. The highest BCUT2D eigenvalue weighted by molar-refractivity contribution is 7.85. The maximum atomic E-state index is 12.4. The summed E-state index contributed by atoms with van der Waals surface area (Å²) in [4.78, 5) is 23.4. The third kappa shape index (κ3) is 3.16. The minimum Gasteiger partial charge on any atom is -0.367 e. The number of carbonyl (C=O) groups is 2. The van der Waals surface area contributed by atoms with E-state index < -0.39 is 16.2 Å². The lowest BCUT2D eigenvalue weighted by Gasteiger charge is -2.48. The van der Waals surface area contributed by atoms with Crippen LogP contribution in [0.25, 0.3) is 0 Å². The van der Waals surface area contributed by atoms with Crippen molar-refractivity contribution < 1.29 is 22.2 Å². The molecule has 0 spiro atoms. The highest BCUT2D eigenvalue weighted by atomic mass is 32.2.